The predicted molar refractivity (Wildman–Crippen MR) is 172 cm³/mol. The number of carboxylic acids is 2. The first-order valence-electron chi connectivity index (χ1n) is 12.9. The fourth-order valence-corrected chi connectivity index (χ4v) is 7.75. The fourth-order valence-electron chi connectivity index (χ4n) is 4.16. The van der Waals surface area contributed by atoms with E-state index in [1.165, 1.54) is 0 Å². The largest absolute Gasteiger partial charge is 0.478 e. The Morgan fingerprint density at radius 2 is 0.857 bits per heavy atom. The number of benzene rings is 4. The molecule has 0 amide bonds. The van der Waals surface area contributed by atoms with Crippen molar-refractivity contribution in [1.29, 1.82) is 0 Å². The van der Waals surface area contributed by atoms with Crippen LogP contribution in [0.4, 0.5) is 28.4 Å². The number of aromatic carboxylic acids is 2. The van der Waals surface area contributed by atoms with Gasteiger partial charge in [0.1, 0.15) is 0 Å². The summed E-state index contributed by atoms with van der Waals surface area (Å²) in [4.78, 5) is 53.6. The zero-order valence-electron chi connectivity index (χ0n) is 23.9. The zero-order valence-corrected chi connectivity index (χ0v) is 26.4. The first-order chi connectivity index (χ1) is 22.9. The molecule has 0 unspecified atom stereocenters. The van der Waals surface area contributed by atoms with Crippen LogP contribution in [0.1, 0.15) is 20.7 Å². The van der Waals surface area contributed by atoms with Crippen LogP contribution in [0.15, 0.2) is 101 Å². The highest BCUT2D eigenvalue weighted by atomic mass is 32.2. The smallest absolute Gasteiger partial charge is 0.335 e. The lowest BCUT2D eigenvalue weighted by atomic mass is 10.1. The molecule has 49 heavy (non-hydrogen) atoms. The van der Waals surface area contributed by atoms with Gasteiger partial charge in [-0.25, -0.2) is 35.0 Å². The van der Waals surface area contributed by atoms with Crippen molar-refractivity contribution in [2.45, 2.75) is 9.79 Å². The molecule has 0 spiro atoms. The highest BCUT2D eigenvalue weighted by Crippen LogP contribution is 2.34. The van der Waals surface area contributed by atoms with Crippen molar-refractivity contribution in [2.75, 3.05) is 8.61 Å². The van der Waals surface area contributed by atoms with E-state index in [1.807, 2.05) is 0 Å². The Bertz CT molecular complexity index is 2230. The molecule has 4 aromatic rings. The monoisotopic (exact) mass is 731 g/mol. The van der Waals surface area contributed by atoms with Crippen LogP contribution in [-0.4, -0.2) is 58.9 Å². The summed E-state index contributed by atoms with van der Waals surface area (Å²) in [5.41, 5.74) is -4.50. The van der Waals surface area contributed by atoms with E-state index in [0.717, 1.165) is 72.8 Å². The topological polar surface area (TPSA) is 279 Å². The lowest BCUT2D eigenvalue weighted by molar-refractivity contribution is -0.385. The van der Waals surface area contributed by atoms with E-state index in [2.05, 4.69) is 0 Å². The molecule has 0 atom stereocenters. The molecule has 0 bridgehead atoms. The summed E-state index contributed by atoms with van der Waals surface area (Å²) in [6.45, 7) is 0. The quantitative estimate of drug-likeness (QED) is 0.124. The third kappa shape index (κ3) is 7.14. The van der Waals surface area contributed by atoms with Gasteiger partial charge in [0.15, 0.2) is 0 Å². The highest BCUT2D eigenvalue weighted by Gasteiger charge is 2.39. The average Bonchev–Trinajstić information content (AvgIpc) is 3.04. The number of anilines is 2. The molecule has 0 heterocycles. The second-order valence-corrected chi connectivity index (χ2v) is 13.4. The van der Waals surface area contributed by atoms with Crippen molar-refractivity contribution in [3.05, 3.63) is 132 Å². The average molecular weight is 732 g/mol. The van der Waals surface area contributed by atoms with Crippen LogP contribution in [-0.2, 0) is 20.0 Å². The number of nitro benzene ring substituents is 3. The van der Waals surface area contributed by atoms with E-state index in [9.17, 15) is 67.0 Å². The molecule has 0 aliphatic rings. The van der Waals surface area contributed by atoms with E-state index in [1.54, 1.807) is 0 Å². The summed E-state index contributed by atoms with van der Waals surface area (Å²) in [7, 11) is -10.4. The summed E-state index contributed by atoms with van der Waals surface area (Å²) in [5.74, 6) is -3.46. The molecule has 0 saturated heterocycles. The van der Waals surface area contributed by atoms with Gasteiger partial charge in [-0.3, -0.25) is 30.3 Å². The molecule has 0 aliphatic carbocycles. The first-order valence-corrected chi connectivity index (χ1v) is 16.1. The van der Waals surface area contributed by atoms with Gasteiger partial charge in [0.25, 0.3) is 37.1 Å². The number of non-ortho nitro benzene ring substituents is 3. The number of hydrogen-bond acceptors (Lipinski definition) is 13. The van der Waals surface area contributed by atoms with Crippen LogP contribution in [0.5, 0.6) is 0 Å². The lowest BCUT2D eigenvalue weighted by Gasteiger charge is -2.32. The Morgan fingerprint density at radius 1 is 0.551 bits per heavy atom. The van der Waals surface area contributed by atoms with E-state index < -0.39 is 101 Å². The van der Waals surface area contributed by atoms with Crippen LogP contribution < -0.4 is 8.61 Å². The second-order valence-electron chi connectivity index (χ2n) is 9.48. The van der Waals surface area contributed by atoms with Crippen LogP contribution in [0.25, 0.3) is 0 Å². The summed E-state index contributed by atoms with van der Waals surface area (Å²) in [6, 6.07) is 11.7. The van der Waals surface area contributed by atoms with E-state index in [0.29, 0.717) is 18.2 Å². The van der Waals surface area contributed by atoms with Gasteiger partial charge in [-0.05, 0) is 66.8 Å². The zero-order chi connectivity index (χ0) is 36.4. The number of carbonyl (C=O) groups is 2. The molecule has 0 fully saturated rings. The number of rotatable bonds is 11. The Hall–Kier alpha value is -6.39. The minimum Gasteiger partial charge on any atom is -0.478 e. The first kappa shape index (κ1) is 35.5. The van der Waals surface area contributed by atoms with Gasteiger partial charge in [0, 0.05) is 36.4 Å². The van der Waals surface area contributed by atoms with Gasteiger partial charge >= 0.3 is 11.9 Å². The minimum atomic E-state index is -5.24. The summed E-state index contributed by atoms with van der Waals surface area (Å²) < 4.78 is 57.2. The maximum absolute atomic E-state index is 14.3. The minimum absolute atomic E-state index is 0.0900. The maximum atomic E-state index is 14.3. The van der Waals surface area contributed by atoms with Gasteiger partial charge in [-0.15, -0.1) is 0 Å². The third-order valence-electron chi connectivity index (χ3n) is 6.46. The summed E-state index contributed by atoms with van der Waals surface area (Å²) in [6.07, 6.45) is 0. The van der Waals surface area contributed by atoms with Crippen molar-refractivity contribution in [2.24, 2.45) is 0 Å². The number of sulfonamides is 2. The Morgan fingerprint density at radius 3 is 1.16 bits per heavy atom. The van der Waals surface area contributed by atoms with E-state index in [-0.39, 0.29) is 8.61 Å². The van der Waals surface area contributed by atoms with Crippen molar-refractivity contribution in [3.63, 3.8) is 0 Å². The number of nitrogens with zero attached hydrogens (tertiary/aromatic N) is 5. The van der Waals surface area contributed by atoms with Crippen LogP contribution in [0, 0.1) is 30.3 Å². The molecule has 0 saturated carbocycles. The predicted octanol–water partition coefficient (Wildman–Crippen LogP) is 4.18. The van der Waals surface area contributed by atoms with Crippen molar-refractivity contribution >= 4 is 77.8 Å². The van der Waals surface area contributed by atoms with Gasteiger partial charge in [-0.1, -0.05) is 0 Å². The Balaban J connectivity index is 2.07. The molecule has 4 aromatic carbocycles. The van der Waals surface area contributed by atoms with Gasteiger partial charge in [0.2, 0.25) is 5.11 Å². The number of thiocarbonyl (C=S) groups is 1. The fraction of sp³-hybridized carbons (Fsp3) is 0. The summed E-state index contributed by atoms with van der Waals surface area (Å²) >= 11 is 5.44. The second kappa shape index (κ2) is 13.4. The highest BCUT2D eigenvalue weighted by molar-refractivity contribution is 7.98. The molecular weight excluding hydrogens is 715 g/mol. The molecule has 0 aromatic heterocycles. The van der Waals surface area contributed by atoms with Crippen molar-refractivity contribution in [3.8, 4) is 0 Å². The van der Waals surface area contributed by atoms with Gasteiger partial charge < -0.3 is 10.2 Å². The van der Waals surface area contributed by atoms with Crippen molar-refractivity contribution < 1.29 is 51.4 Å². The molecule has 0 radical (unpaired) electrons. The number of nitro groups is 3. The van der Waals surface area contributed by atoms with Gasteiger partial charge in [-0.2, -0.15) is 0 Å². The molecule has 0 aliphatic heterocycles. The molecule has 252 valence electrons. The van der Waals surface area contributed by atoms with Crippen molar-refractivity contribution in [1.82, 2.24) is 0 Å². The third-order valence-corrected chi connectivity index (χ3v) is 10.5. The maximum Gasteiger partial charge on any atom is 0.335 e. The molecule has 2 N–H and O–H groups in total. The number of hydrogen-bond donors (Lipinski definition) is 2. The Kier molecular flexibility index (Phi) is 9.69. The molecule has 22 heteroatoms. The molecular formula is C27H17N5O14S3. The van der Waals surface area contributed by atoms with Crippen LogP contribution in [0.3, 0.4) is 0 Å². The van der Waals surface area contributed by atoms with Crippen LogP contribution in [0.2, 0.25) is 0 Å². The van der Waals surface area contributed by atoms with E-state index >= 15 is 0 Å². The molecule has 4 rings (SSSR count). The number of carboxylic acid groups (broad SMARTS) is 2. The summed E-state index contributed by atoms with van der Waals surface area (Å²) in [5, 5.41) is 51.8. The lowest BCUT2D eigenvalue weighted by Crippen LogP contribution is -2.49. The molecule has 19 nitrogen and oxygen atoms in total. The SMILES string of the molecule is O=C(O)c1cc(C(=O)O)cc(N(C(=S)N(c2ccc([N+](=O)[O-])cc2)S(=O)(=O)c2ccc([N+](=O)[O-])cc2)S(=O)(=O)c2ccc([N+](=O)[O-])cc2)c1. The Labute approximate surface area is 279 Å². The standard InChI is InChI=1S/C27H17N5O14S3/c33-25(34)16-13-17(26(35)36)15-22(14-16)29(49(45,46)24-11-7-21(8-12-24)32(41)42)27(47)28(18-1-3-19(4-2-18)30(37)38)48(43,44)23-9-5-20(6-10-23)31(39)40/h1-15H,(H,33,34)(H,35,36). The van der Waals surface area contributed by atoms with E-state index in [4.69, 9.17) is 12.2 Å². The van der Waals surface area contributed by atoms with Gasteiger partial charge in [0.05, 0.1) is 47.1 Å². The van der Waals surface area contributed by atoms with Crippen LogP contribution >= 0.6 is 12.2 Å². The normalized spacial score (nSPS) is 11.3.